The molecule has 1 aromatic carbocycles. The Labute approximate surface area is 160 Å². The highest BCUT2D eigenvalue weighted by molar-refractivity contribution is 5.91. The second kappa shape index (κ2) is 7.89. The van der Waals surface area contributed by atoms with E-state index in [4.69, 9.17) is 9.47 Å². The second-order valence-corrected chi connectivity index (χ2v) is 6.49. The van der Waals surface area contributed by atoms with E-state index in [0.717, 1.165) is 19.3 Å². The summed E-state index contributed by atoms with van der Waals surface area (Å²) in [4.78, 5) is 24.0. The van der Waals surface area contributed by atoms with Crippen LogP contribution in [0.2, 0.25) is 0 Å². The molecule has 1 N–H and O–H groups in total. The quantitative estimate of drug-likeness (QED) is 0.533. The molecule has 1 atom stereocenters. The highest BCUT2D eigenvalue weighted by Gasteiger charge is 2.21. The summed E-state index contributed by atoms with van der Waals surface area (Å²) in [6.45, 7) is 0.914. The highest BCUT2D eigenvalue weighted by Crippen LogP contribution is 2.28. The van der Waals surface area contributed by atoms with Gasteiger partial charge >= 0.3 is 12.0 Å². The van der Waals surface area contributed by atoms with E-state index in [2.05, 4.69) is 20.3 Å². The number of fused-ring (bicyclic) bond motifs is 1. The molecule has 1 fully saturated rings. The number of halogens is 1. The lowest BCUT2D eigenvalue weighted by Crippen LogP contribution is -2.18. The van der Waals surface area contributed by atoms with Crippen LogP contribution in [-0.2, 0) is 16.0 Å². The number of anilines is 1. The predicted octanol–water partition coefficient (Wildman–Crippen LogP) is 3.06. The molecule has 28 heavy (non-hydrogen) atoms. The van der Waals surface area contributed by atoms with Crippen LogP contribution in [0.25, 0.3) is 11.2 Å². The maximum atomic E-state index is 14.1. The number of ether oxygens (including phenoxy) is 2. The molecule has 0 amide bonds. The lowest BCUT2D eigenvalue weighted by atomic mass is 10.1. The van der Waals surface area contributed by atoms with Gasteiger partial charge in [0.2, 0.25) is 0 Å². The maximum absolute atomic E-state index is 14.1. The number of carbonyl (C=O) groups is 1. The molecule has 0 radical (unpaired) electrons. The Morgan fingerprint density at radius 1 is 1.36 bits per heavy atom. The third-order valence-corrected chi connectivity index (χ3v) is 4.73. The van der Waals surface area contributed by atoms with E-state index < -0.39 is 12.0 Å². The van der Waals surface area contributed by atoms with Crippen molar-refractivity contribution in [2.45, 2.75) is 32.0 Å². The molecular weight excluding hydrogens is 365 g/mol. The average molecular weight is 385 g/mol. The number of nitrogens with one attached hydrogen (secondary N) is 1. The van der Waals surface area contributed by atoms with Gasteiger partial charge in [0.1, 0.15) is 6.23 Å². The SMILES string of the molecule is COC(=O)c1ccccc1CNc1nc(F)nc2c1ncn2C1CCCCO1. The lowest BCUT2D eigenvalue weighted by Gasteiger charge is -2.23. The van der Waals surface area contributed by atoms with E-state index in [0.29, 0.717) is 28.9 Å². The molecule has 3 heterocycles. The minimum absolute atomic E-state index is 0.207. The van der Waals surface area contributed by atoms with Crippen molar-refractivity contribution in [2.75, 3.05) is 19.0 Å². The first kappa shape index (κ1) is 18.3. The number of esters is 1. The molecule has 2 aromatic heterocycles. The van der Waals surface area contributed by atoms with Crippen LogP contribution in [0.1, 0.15) is 41.4 Å². The number of imidazole rings is 1. The van der Waals surface area contributed by atoms with Gasteiger partial charge in [-0.3, -0.25) is 4.57 Å². The monoisotopic (exact) mass is 385 g/mol. The minimum Gasteiger partial charge on any atom is -0.465 e. The topological polar surface area (TPSA) is 91.2 Å². The molecule has 1 aliphatic heterocycles. The van der Waals surface area contributed by atoms with Gasteiger partial charge in [0.25, 0.3) is 0 Å². The Morgan fingerprint density at radius 2 is 2.21 bits per heavy atom. The van der Waals surface area contributed by atoms with E-state index in [9.17, 15) is 9.18 Å². The van der Waals surface area contributed by atoms with Gasteiger partial charge in [-0.05, 0) is 30.9 Å². The largest absolute Gasteiger partial charge is 0.465 e. The van der Waals surface area contributed by atoms with E-state index in [1.165, 1.54) is 7.11 Å². The van der Waals surface area contributed by atoms with Crippen molar-refractivity contribution >= 4 is 23.0 Å². The van der Waals surface area contributed by atoms with Crippen LogP contribution in [-0.4, -0.2) is 39.2 Å². The van der Waals surface area contributed by atoms with Gasteiger partial charge in [0, 0.05) is 13.2 Å². The number of hydrogen-bond acceptors (Lipinski definition) is 7. The normalized spacial score (nSPS) is 16.9. The van der Waals surface area contributed by atoms with Crippen LogP contribution < -0.4 is 5.32 Å². The van der Waals surface area contributed by atoms with Gasteiger partial charge < -0.3 is 14.8 Å². The fourth-order valence-electron chi connectivity index (χ4n) is 3.33. The highest BCUT2D eigenvalue weighted by atomic mass is 19.1. The molecule has 146 valence electrons. The van der Waals surface area contributed by atoms with E-state index in [-0.39, 0.29) is 18.6 Å². The summed E-state index contributed by atoms with van der Waals surface area (Å²) in [5, 5.41) is 3.06. The van der Waals surface area contributed by atoms with Gasteiger partial charge in [-0.1, -0.05) is 18.2 Å². The van der Waals surface area contributed by atoms with E-state index >= 15 is 0 Å². The van der Waals surface area contributed by atoms with Crippen LogP contribution in [0.4, 0.5) is 10.2 Å². The van der Waals surface area contributed by atoms with Crippen molar-refractivity contribution in [3.63, 3.8) is 0 Å². The zero-order valence-electron chi connectivity index (χ0n) is 15.4. The Bertz CT molecular complexity index is 1000. The molecule has 9 heteroatoms. The second-order valence-electron chi connectivity index (χ2n) is 6.49. The van der Waals surface area contributed by atoms with Crippen LogP contribution in [0.3, 0.4) is 0 Å². The van der Waals surface area contributed by atoms with Crippen molar-refractivity contribution in [1.82, 2.24) is 19.5 Å². The van der Waals surface area contributed by atoms with Crippen LogP contribution in [0.15, 0.2) is 30.6 Å². The molecular formula is C19H20FN5O3. The van der Waals surface area contributed by atoms with E-state index in [1.54, 1.807) is 29.1 Å². The predicted molar refractivity (Wildman–Crippen MR) is 99.2 cm³/mol. The van der Waals surface area contributed by atoms with Crippen molar-refractivity contribution < 1.29 is 18.7 Å². The molecule has 0 bridgehead atoms. The number of benzene rings is 1. The van der Waals surface area contributed by atoms with Crippen molar-refractivity contribution in [1.29, 1.82) is 0 Å². The number of methoxy groups -OCH3 is 1. The lowest BCUT2D eigenvalue weighted by molar-refractivity contribution is -0.0298. The minimum atomic E-state index is -0.853. The van der Waals surface area contributed by atoms with Gasteiger partial charge in [-0.15, -0.1) is 0 Å². The fourth-order valence-corrected chi connectivity index (χ4v) is 3.33. The Kier molecular flexibility index (Phi) is 5.16. The average Bonchev–Trinajstić information content (AvgIpc) is 3.16. The third kappa shape index (κ3) is 3.53. The standard InChI is InChI=1S/C19H20FN5O3/c1-27-18(26)13-7-3-2-6-12(13)10-21-16-15-17(24-19(20)23-16)25(11-22-15)14-8-4-5-9-28-14/h2-3,6-7,11,14H,4-5,8-10H2,1H3,(H,21,23,24). The van der Waals surface area contributed by atoms with Gasteiger partial charge in [-0.2, -0.15) is 14.4 Å². The molecule has 0 saturated carbocycles. The fraction of sp³-hybridized carbons (Fsp3) is 0.368. The van der Waals surface area contributed by atoms with Gasteiger partial charge in [-0.25, -0.2) is 9.78 Å². The van der Waals surface area contributed by atoms with Crippen LogP contribution >= 0.6 is 0 Å². The smallest absolute Gasteiger partial charge is 0.338 e. The number of rotatable bonds is 5. The number of carbonyl (C=O) groups excluding carboxylic acids is 1. The summed E-state index contributed by atoms with van der Waals surface area (Å²) in [7, 11) is 1.33. The summed E-state index contributed by atoms with van der Waals surface area (Å²) in [6, 6.07) is 7.04. The van der Waals surface area contributed by atoms with Gasteiger partial charge in [0.05, 0.1) is 19.0 Å². The first-order valence-corrected chi connectivity index (χ1v) is 9.09. The zero-order valence-corrected chi connectivity index (χ0v) is 15.4. The molecule has 1 aliphatic rings. The molecule has 0 aliphatic carbocycles. The van der Waals surface area contributed by atoms with Crippen molar-refractivity contribution in [3.8, 4) is 0 Å². The number of hydrogen-bond donors (Lipinski definition) is 1. The Balaban J connectivity index is 1.63. The van der Waals surface area contributed by atoms with Gasteiger partial charge in [0.15, 0.2) is 17.0 Å². The Morgan fingerprint density at radius 3 is 3.00 bits per heavy atom. The molecule has 4 rings (SSSR count). The number of nitrogens with zero attached hydrogens (tertiary/aromatic N) is 4. The first-order valence-electron chi connectivity index (χ1n) is 9.09. The molecule has 1 saturated heterocycles. The summed E-state index contributed by atoms with van der Waals surface area (Å²) >= 11 is 0. The van der Waals surface area contributed by atoms with Crippen LogP contribution in [0.5, 0.6) is 0 Å². The maximum Gasteiger partial charge on any atom is 0.338 e. The number of aromatic nitrogens is 4. The Hall–Kier alpha value is -3.07. The third-order valence-electron chi connectivity index (χ3n) is 4.73. The molecule has 0 spiro atoms. The molecule has 1 unspecified atom stereocenters. The summed E-state index contributed by atoms with van der Waals surface area (Å²) in [5.41, 5.74) is 1.97. The molecule has 8 nitrogen and oxygen atoms in total. The summed E-state index contributed by atoms with van der Waals surface area (Å²) in [5.74, 6) is -0.174. The summed E-state index contributed by atoms with van der Waals surface area (Å²) in [6.07, 6.45) is 3.41. The summed E-state index contributed by atoms with van der Waals surface area (Å²) < 4.78 is 26.4. The zero-order chi connectivity index (χ0) is 19.5. The molecule has 3 aromatic rings. The van der Waals surface area contributed by atoms with Crippen molar-refractivity contribution in [2.24, 2.45) is 0 Å². The van der Waals surface area contributed by atoms with E-state index in [1.807, 2.05) is 6.07 Å². The first-order chi connectivity index (χ1) is 13.7. The van der Waals surface area contributed by atoms with Crippen molar-refractivity contribution in [3.05, 3.63) is 47.8 Å². The van der Waals surface area contributed by atoms with Crippen LogP contribution in [0, 0.1) is 6.08 Å².